The van der Waals surface area contributed by atoms with Gasteiger partial charge in [0.1, 0.15) is 11.5 Å². The summed E-state index contributed by atoms with van der Waals surface area (Å²) in [7, 11) is 5.80. The smallest absolute Gasteiger partial charge is 0.416 e. The van der Waals surface area contributed by atoms with Crippen LogP contribution in [0.15, 0.2) is 109 Å². The van der Waals surface area contributed by atoms with Crippen LogP contribution >= 0.6 is 0 Å². The summed E-state index contributed by atoms with van der Waals surface area (Å²) in [4.78, 5) is 1.87. The van der Waals surface area contributed by atoms with Gasteiger partial charge in [-0.05, 0) is 124 Å². The molecule has 76 heavy (non-hydrogen) atoms. The Balaban J connectivity index is 1.87. The van der Waals surface area contributed by atoms with Crippen molar-refractivity contribution in [2.45, 2.75) is 128 Å². The van der Waals surface area contributed by atoms with Gasteiger partial charge in [-0.15, -0.1) is 0 Å². The van der Waals surface area contributed by atoms with Crippen molar-refractivity contribution < 1.29 is 66.9 Å². The Morgan fingerprint density at radius 2 is 0.803 bits per heavy atom. The van der Waals surface area contributed by atoms with Gasteiger partial charge in [-0.3, -0.25) is 4.90 Å². The summed E-state index contributed by atoms with van der Waals surface area (Å²) >= 11 is 0. The average Bonchev–Trinajstić information content (AvgIpc) is 3.33. The normalized spacial score (nSPS) is 13.6. The van der Waals surface area contributed by atoms with E-state index < -0.39 is 80.6 Å². The third-order valence-corrected chi connectivity index (χ3v) is 14.1. The maximum absolute atomic E-state index is 15.0. The van der Waals surface area contributed by atoms with Crippen LogP contribution in [-0.4, -0.2) is 44.9 Å². The minimum atomic E-state index is -5.27. The van der Waals surface area contributed by atoms with Crippen molar-refractivity contribution >= 4 is 0 Å². The minimum Gasteiger partial charge on any atom is -0.496 e. The molecule has 0 radical (unpaired) electrons. The molecular weight excluding hydrogens is 1010 g/mol. The van der Waals surface area contributed by atoms with Crippen LogP contribution in [0.25, 0.3) is 33.4 Å². The van der Waals surface area contributed by atoms with Gasteiger partial charge in [-0.25, -0.2) is 0 Å². The molecule has 0 heterocycles. The molecule has 0 saturated heterocycles. The van der Waals surface area contributed by atoms with Crippen molar-refractivity contribution in [2.24, 2.45) is 0 Å². The second-order valence-corrected chi connectivity index (χ2v) is 21.3. The number of ether oxygens (including phenoxy) is 3. The molecule has 0 spiro atoms. The highest BCUT2D eigenvalue weighted by molar-refractivity contribution is 5.91. The first kappa shape index (κ1) is 59.2. The molecule has 4 nitrogen and oxygen atoms in total. The fraction of sp³-hybridized carbons (Fsp3) is 0.400. The molecule has 16 heteroatoms. The Bertz CT molecular complexity index is 2890. The molecule has 0 fully saturated rings. The van der Waals surface area contributed by atoms with Gasteiger partial charge >= 0.3 is 24.7 Å². The molecule has 0 unspecified atom stereocenters. The molecule has 0 aliphatic carbocycles. The van der Waals surface area contributed by atoms with Crippen molar-refractivity contribution in [3.8, 4) is 44.9 Å². The predicted octanol–water partition coefficient (Wildman–Crippen LogP) is 17.6. The van der Waals surface area contributed by atoms with Crippen molar-refractivity contribution in [3.05, 3.63) is 165 Å². The van der Waals surface area contributed by atoms with Gasteiger partial charge in [-0.1, -0.05) is 109 Å². The molecular formula is C60H63F12NO3. The van der Waals surface area contributed by atoms with Crippen LogP contribution in [0.1, 0.15) is 111 Å². The molecule has 6 aromatic carbocycles. The molecule has 6 rings (SSSR count). The summed E-state index contributed by atoms with van der Waals surface area (Å²) in [6.07, 6.45) is -20.4. The standard InChI is InChI=1S/C60H63F12NO3/c1-13-44-45(30-48(54(3,4)5)52(74-10)50(44)38-24-40(57(61,62)63)28-41(25-38)58(64,65)66)46-31-49(55(6,7)8)53(75-11)51(39-26-42(59(67,68)69)29-43(27-39)60(70,71)72)47(46)34-73(9)35(2)56(76-12,32-36-20-16-14-17-21-36)33-37-22-18-15-19-23-37/h14-31,35H,13,32-34H2,1-12H3/t35-/m0/s1. The van der Waals surface area contributed by atoms with Crippen LogP contribution in [0, 0.1) is 0 Å². The monoisotopic (exact) mass is 1070 g/mol. The Morgan fingerprint density at radius 1 is 0.474 bits per heavy atom. The molecule has 0 saturated carbocycles. The number of likely N-dealkylation sites (N-methyl/N-ethyl adjacent to an activating group) is 1. The fourth-order valence-corrected chi connectivity index (χ4v) is 10.1. The second-order valence-electron chi connectivity index (χ2n) is 21.3. The van der Waals surface area contributed by atoms with Crippen LogP contribution in [0.3, 0.4) is 0 Å². The number of methoxy groups -OCH3 is 3. The first-order valence-corrected chi connectivity index (χ1v) is 24.5. The highest BCUT2D eigenvalue weighted by Crippen LogP contribution is 2.53. The van der Waals surface area contributed by atoms with E-state index >= 15 is 0 Å². The van der Waals surface area contributed by atoms with E-state index in [9.17, 15) is 52.7 Å². The molecule has 0 aliphatic rings. The topological polar surface area (TPSA) is 30.9 Å². The molecule has 6 aromatic rings. The number of benzene rings is 6. The highest BCUT2D eigenvalue weighted by Gasteiger charge is 2.43. The molecule has 0 bridgehead atoms. The maximum atomic E-state index is 15.0. The lowest BCUT2D eigenvalue weighted by atomic mass is 9.75. The minimum absolute atomic E-state index is 0.0243. The van der Waals surface area contributed by atoms with E-state index in [-0.39, 0.29) is 70.0 Å². The van der Waals surface area contributed by atoms with Crippen LogP contribution in [0.2, 0.25) is 0 Å². The van der Waals surface area contributed by atoms with E-state index in [0.29, 0.717) is 48.2 Å². The predicted molar refractivity (Wildman–Crippen MR) is 274 cm³/mol. The Hall–Kier alpha value is -6.00. The third-order valence-electron chi connectivity index (χ3n) is 14.1. The van der Waals surface area contributed by atoms with Gasteiger partial charge in [0.2, 0.25) is 0 Å². The molecule has 0 aliphatic heterocycles. The number of halogens is 12. The van der Waals surface area contributed by atoms with Crippen LogP contribution in [0.5, 0.6) is 11.5 Å². The van der Waals surface area contributed by atoms with Gasteiger partial charge < -0.3 is 14.2 Å². The quantitative estimate of drug-likeness (QED) is 0.0959. The highest BCUT2D eigenvalue weighted by atomic mass is 19.4. The van der Waals surface area contributed by atoms with Gasteiger partial charge in [0.05, 0.1) is 42.1 Å². The molecule has 410 valence electrons. The number of nitrogens with zero attached hydrogens (tertiary/aromatic N) is 1. The molecule has 0 amide bonds. The number of alkyl halides is 12. The van der Waals surface area contributed by atoms with Crippen LogP contribution in [-0.2, 0) is 66.1 Å². The average molecular weight is 1070 g/mol. The molecule has 1 atom stereocenters. The van der Waals surface area contributed by atoms with E-state index in [4.69, 9.17) is 14.2 Å². The second kappa shape index (κ2) is 21.8. The summed E-state index contributed by atoms with van der Waals surface area (Å²) in [5.74, 6) is -0.0844. The maximum Gasteiger partial charge on any atom is 0.416 e. The first-order valence-electron chi connectivity index (χ1n) is 24.5. The Kier molecular flexibility index (Phi) is 17.0. The molecule has 0 N–H and O–H groups in total. The van der Waals surface area contributed by atoms with E-state index in [1.54, 1.807) is 74.8 Å². The largest absolute Gasteiger partial charge is 0.496 e. The van der Waals surface area contributed by atoms with Crippen LogP contribution < -0.4 is 9.47 Å². The number of hydrogen-bond donors (Lipinski definition) is 0. The zero-order valence-electron chi connectivity index (χ0n) is 44.5. The summed E-state index contributed by atoms with van der Waals surface area (Å²) in [5, 5.41) is 0. The third kappa shape index (κ3) is 12.7. The van der Waals surface area contributed by atoms with E-state index in [2.05, 4.69) is 0 Å². The zero-order valence-corrected chi connectivity index (χ0v) is 44.5. The summed E-state index contributed by atoms with van der Waals surface area (Å²) in [5.41, 5.74) is -7.40. The number of hydrogen-bond acceptors (Lipinski definition) is 4. The van der Waals surface area contributed by atoms with Crippen molar-refractivity contribution in [3.63, 3.8) is 0 Å². The lowest BCUT2D eigenvalue weighted by molar-refractivity contribution is -0.144. The lowest BCUT2D eigenvalue weighted by Crippen LogP contribution is -2.54. The molecule has 0 aromatic heterocycles. The van der Waals surface area contributed by atoms with E-state index in [1.807, 2.05) is 72.5 Å². The van der Waals surface area contributed by atoms with Gasteiger partial charge in [0.25, 0.3) is 0 Å². The Labute approximate surface area is 437 Å². The first-order chi connectivity index (χ1) is 35.1. The van der Waals surface area contributed by atoms with Gasteiger partial charge in [-0.2, -0.15) is 52.7 Å². The lowest BCUT2D eigenvalue weighted by Gasteiger charge is -2.43. The number of rotatable bonds is 15. The van der Waals surface area contributed by atoms with Crippen molar-refractivity contribution in [1.29, 1.82) is 0 Å². The van der Waals surface area contributed by atoms with E-state index in [1.165, 1.54) is 14.2 Å². The SMILES string of the molecule is CCc1c(-c2cc(C(C)(C)C)c(OC)c(-c3cc(C(F)(F)F)cc(C(F)(F)F)c3)c2CN(C)[C@@H](C)C(Cc2ccccc2)(Cc2ccccc2)OC)cc(C(C)(C)C)c(OC)c1-c1cc(C(F)(F)F)cc(C(F)(F)F)c1. The van der Waals surface area contributed by atoms with Crippen molar-refractivity contribution in [2.75, 3.05) is 28.4 Å². The summed E-state index contributed by atoms with van der Waals surface area (Å²) in [6.45, 7) is 13.9. The zero-order chi connectivity index (χ0) is 56.7. The van der Waals surface area contributed by atoms with Gasteiger partial charge in [0, 0.05) is 54.8 Å². The fourth-order valence-electron chi connectivity index (χ4n) is 10.1. The van der Waals surface area contributed by atoms with Crippen molar-refractivity contribution in [1.82, 2.24) is 4.90 Å². The van der Waals surface area contributed by atoms with E-state index in [0.717, 1.165) is 11.1 Å². The van der Waals surface area contributed by atoms with Gasteiger partial charge in [0.15, 0.2) is 0 Å². The van der Waals surface area contributed by atoms with Crippen LogP contribution in [0.4, 0.5) is 52.7 Å². The Morgan fingerprint density at radius 3 is 1.09 bits per heavy atom. The summed E-state index contributed by atoms with van der Waals surface area (Å²) < 4.78 is 197. The summed E-state index contributed by atoms with van der Waals surface area (Å²) in [6, 6.07) is 24.3.